The van der Waals surface area contributed by atoms with E-state index in [0.717, 1.165) is 23.8 Å². The van der Waals surface area contributed by atoms with E-state index >= 15 is 4.39 Å². The van der Waals surface area contributed by atoms with Crippen molar-refractivity contribution in [2.45, 2.75) is 12.1 Å². The number of anilines is 2. The SMILES string of the molecule is COC(=O)c1cc(Cl)cn(-c2ccc(NC(=O)[C@@H]3NC[C@H](OC)C3C(=O)Nc3ccc(Cl)cc3)c(F)c2)c1=O. The summed E-state index contributed by atoms with van der Waals surface area (Å²) >= 11 is 11.9. The number of amides is 2. The van der Waals surface area contributed by atoms with E-state index in [9.17, 15) is 19.2 Å². The molecule has 39 heavy (non-hydrogen) atoms. The van der Waals surface area contributed by atoms with E-state index in [1.54, 1.807) is 24.3 Å². The Bertz CT molecular complexity index is 1480. The minimum absolute atomic E-state index is 0.0516. The maximum atomic E-state index is 15.1. The molecule has 2 heterocycles. The highest BCUT2D eigenvalue weighted by Gasteiger charge is 2.45. The molecule has 1 aliphatic rings. The topological polar surface area (TPSA) is 128 Å². The summed E-state index contributed by atoms with van der Waals surface area (Å²) in [5.74, 6) is -3.81. The quantitative estimate of drug-likeness (QED) is 0.368. The van der Waals surface area contributed by atoms with Gasteiger partial charge in [0, 0.05) is 36.6 Å². The normalized spacial score (nSPS) is 18.4. The van der Waals surface area contributed by atoms with Crippen LogP contribution in [0.3, 0.4) is 0 Å². The van der Waals surface area contributed by atoms with Crippen molar-refractivity contribution in [3.63, 3.8) is 0 Å². The van der Waals surface area contributed by atoms with E-state index < -0.39 is 47.2 Å². The Morgan fingerprint density at radius 3 is 2.36 bits per heavy atom. The van der Waals surface area contributed by atoms with Gasteiger partial charge in [0.25, 0.3) is 5.56 Å². The van der Waals surface area contributed by atoms with Crippen LogP contribution < -0.4 is 21.5 Å². The summed E-state index contributed by atoms with van der Waals surface area (Å²) in [5, 5.41) is 8.72. The zero-order chi connectivity index (χ0) is 28.3. The molecule has 1 aliphatic heterocycles. The predicted molar refractivity (Wildman–Crippen MR) is 143 cm³/mol. The predicted octanol–water partition coefficient (Wildman–Crippen LogP) is 3.25. The van der Waals surface area contributed by atoms with Crippen LogP contribution in [0.4, 0.5) is 15.8 Å². The lowest BCUT2D eigenvalue weighted by Crippen LogP contribution is -2.46. The van der Waals surface area contributed by atoms with Crippen molar-refractivity contribution in [2.24, 2.45) is 5.92 Å². The minimum atomic E-state index is -1.03. The van der Waals surface area contributed by atoms with Gasteiger partial charge >= 0.3 is 5.97 Å². The zero-order valence-electron chi connectivity index (χ0n) is 20.7. The van der Waals surface area contributed by atoms with E-state index in [2.05, 4.69) is 20.7 Å². The Kier molecular flexibility index (Phi) is 8.66. The van der Waals surface area contributed by atoms with Gasteiger partial charge in [-0.1, -0.05) is 23.2 Å². The third-order valence-electron chi connectivity index (χ3n) is 6.18. The summed E-state index contributed by atoms with van der Waals surface area (Å²) < 4.78 is 26.1. The highest BCUT2D eigenvalue weighted by molar-refractivity contribution is 6.31. The molecule has 2 aromatic carbocycles. The van der Waals surface area contributed by atoms with Crippen LogP contribution in [-0.4, -0.2) is 55.3 Å². The number of hydrogen-bond donors (Lipinski definition) is 3. The maximum Gasteiger partial charge on any atom is 0.343 e. The maximum absolute atomic E-state index is 15.1. The second-order valence-corrected chi connectivity index (χ2v) is 9.45. The first-order chi connectivity index (χ1) is 18.6. The Morgan fingerprint density at radius 1 is 1.00 bits per heavy atom. The van der Waals surface area contributed by atoms with Gasteiger partial charge in [0.05, 0.1) is 35.5 Å². The molecule has 3 N–H and O–H groups in total. The van der Waals surface area contributed by atoms with Crippen LogP contribution in [0.1, 0.15) is 10.4 Å². The molecule has 204 valence electrons. The van der Waals surface area contributed by atoms with Gasteiger partial charge in [0.2, 0.25) is 11.8 Å². The second kappa shape index (κ2) is 12.0. The highest BCUT2D eigenvalue weighted by atomic mass is 35.5. The zero-order valence-corrected chi connectivity index (χ0v) is 22.2. The number of halogens is 3. The smallest absolute Gasteiger partial charge is 0.343 e. The molecule has 2 amide bonds. The summed E-state index contributed by atoms with van der Waals surface area (Å²) in [4.78, 5) is 50.8. The van der Waals surface area contributed by atoms with Gasteiger partial charge in [-0.2, -0.15) is 0 Å². The van der Waals surface area contributed by atoms with Crippen LogP contribution in [0, 0.1) is 11.7 Å². The molecule has 4 rings (SSSR count). The Morgan fingerprint density at radius 2 is 1.72 bits per heavy atom. The van der Waals surface area contributed by atoms with Crippen molar-refractivity contribution in [3.8, 4) is 5.69 Å². The van der Waals surface area contributed by atoms with E-state index in [1.165, 1.54) is 25.4 Å². The van der Waals surface area contributed by atoms with Gasteiger partial charge in [0.1, 0.15) is 17.4 Å². The van der Waals surface area contributed by atoms with Crippen molar-refractivity contribution in [1.29, 1.82) is 0 Å². The molecule has 13 heteroatoms. The molecule has 0 bridgehead atoms. The molecule has 3 aromatic rings. The van der Waals surface area contributed by atoms with Crippen molar-refractivity contribution >= 4 is 52.4 Å². The van der Waals surface area contributed by atoms with Gasteiger partial charge in [-0.3, -0.25) is 19.0 Å². The lowest BCUT2D eigenvalue weighted by atomic mass is 9.96. The van der Waals surface area contributed by atoms with Crippen molar-refractivity contribution in [3.05, 3.63) is 86.5 Å². The number of methoxy groups -OCH3 is 2. The first-order valence-electron chi connectivity index (χ1n) is 11.6. The van der Waals surface area contributed by atoms with Crippen LogP contribution in [0.15, 0.2) is 59.5 Å². The third-order valence-corrected chi connectivity index (χ3v) is 6.63. The Balaban J connectivity index is 1.54. The Labute approximate surface area is 232 Å². The number of rotatable bonds is 7. The van der Waals surface area contributed by atoms with Crippen molar-refractivity contribution < 1.29 is 28.2 Å². The molecule has 1 aromatic heterocycles. The largest absolute Gasteiger partial charge is 0.465 e. The number of aromatic nitrogens is 1. The second-order valence-electron chi connectivity index (χ2n) is 8.57. The molecule has 0 spiro atoms. The summed E-state index contributed by atoms with van der Waals surface area (Å²) in [6, 6.07) is 10.2. The number of pyridine rings is 1. The van der Waals surface area contributed by atoms with Crippen LogP contribution in [0.2, 0.25) is 10.0 Å². The molecule has 10 nitrogen and oxygen atoms in total. The molecular formula is C26H23Cl2FN4O6. The first kappa shape index (κ1) is 28.2. The number of benzene rings is 2. The lowest BCUT2D eigenvalue weighted by molar-refractivity contribution is -0.128. The number of carbonyl (C=O) groups excluding carboxylic acids is 3. The van der Waals surface area contributed by atoms with E-state index in [4.69, 9.17) is 27.9 Å². The summed E-state index contributed by atoms with van der Waals surface area (Å²) in [5.41, 5.74) is -0.740. The van der Waals surface area contributed by atoms with Crippen LogP contribution in [0.5, 0.6) is 0 Å². The highest BCUT2D eigenvalue weighted by Crippen LogP contribution is 2.25. The fourth-order valence-corrected chi connectivity index (χ4v) is 4.57. The van der Waals surface area contributed by atoms with E-state index in [0.29, 0.717) is 10.7 Å². The van der Waals surface area contributed by atoms with Crippen LogP contribution in [-0.2, 0) is 19.1 Å². The first-order valence-corrected chi connectivity index (χ1v) is 12.3. The Hall–Kier alpha value is -3.77. The van der Waals surface area contributed by atoms with E-state index in [1.807, 2.05) is 0 Å². The fraction of sp³-hybridized carbons (Fsp3) is 0.231. The minimum Gasteiger partial charge on any atom is -0.465 e. The summed E-state index contributed by atoms with van der Waals surface area (Å²) in [6.07, 6.45) is 0.611. The monoisotopic (exact) mass is 576 g/mol. The van der Waals surface area contributed by atoms with Gasteiger partial charge in [-0.15, -0.1) is 0 Å². The van der Waals surface area contributed by atoms with Gasteiger partial charge in [-0.05, 0) is 42.5 Å². The lowest BCUT2D eigenvalue weighted by Gasteiger charge is -2.22. The summed E-state index contributed by atoms with van der Waals surface area (Å²) in [7, 11) is 2.54. The van der Waals surface area contributed by atoms with Gasteiger partial charge < -0.3 is 25.4 Å². The van der Waals surface area contributed by atoms with E-state index in [-0.39, 0.29) is 28.5 Å². The number of hydrogen-bond acceptors (Lipinski definition) is 7. The number of carbonyl (C=O) groups is 3. The molecular weight excluding hydrogens is 554 g/mol. The average molecular weight is 577 g/mol. The molecule has 0 radical (unpaired) electrons. The number of esters is 1. The molecule has 1 unspecified atom stereocenters. The fourth-order valence-electron chi connectivity index (χ4n) is 4.24. The third kappa shape index (κ3) is 6.12. The molecule has 3 atom stereocenters. The molecule has 1 fully saturated rings. The van der Waals surface area contributed by atoms with Crippen molar-refractivity contribution in [2.75, 3.05) is 31.4 Å². The molecule has 0 aliphatic carbocycles. The average Bonchev–Trinajstić information content (AvgIpc) is 3.36. The number of nitrogens with one attached hydrogen (secondary N) is 3. The standard InChI is InChI=1S/C26H23Cl2FN4O6/c1-38-20-11-30-22(21(20)23(34)31-15-5-3-13(27)4-6-15)24(35)32-19-8-7-16(10-18(19)29)33-12-14(28)9-17(25(33)36)26(37)39-2/h3-10,12,20-22,30H,11H2,1-2H3,(H,31,34)(H,32,35)/t20-,21?,22+/m0/s1. The van der Waals surface area contributed by atoms with Crippen LogP contribution in [0.25, 0.3) is 5.69 Å². The number of ether oxygens (including phenoxy) is 2. The molecule has 1 saturated heterocycles. The number of nitrogens with zero attached hydrogens (tertiary/aromatic N) is 1. The van der Waals surface area contributed by atoms with Gasteiger partial charge in [-0.25, -0.2) is 9.18 Å². The van der Waals surface area contributed by atoms with Gasteiger partial charge in [0.15, 0.2) is 0 Å². The molecule has 0 saturated carbocycles. The summed E-state index contributed by atoms with van der Waals surface area (Å²) in [6.45, 7) is 0.217. The van der Waals surface area contributed by atoms with Crippen molar-refractivity contribution in [1.82, 2.24) is 9.88 Å². The van der Waals surface area contributed by atoms with Crippen LogP contribution >= 0.6 is 23.2 Å².